The first kappa shape index (κ1) is 22.8. The fourth-order valence-electron chi connectivity index (χ4n) is 6.90. The van der Waals surface area contributed by atoms with Crippen molar-refractivity contribution in [3.63, 3.8) is 0 Å². The second-order valence-corrected chi connectivity index (χ2v) is 10.9. The molecule has 2 aromatic rings. The SMILES string of the molecule is CC1C(NCc2ccncc2)CC2C(C)(C)CCCC2(C)C1C(=O)c1cc(O)cc(O)c1. The zero-order chi connectivity index (χ0) is 23.1. The van der Waals surface area contributed by atoms with Crippen LogP contribution in [0.4, 0.5) is 0 Å². The van der Waals surface area contributed by atoms with Gasteiger partial charge in [0, 0.05) is 42.5 Å². The number of benzene rings is 1. The number of ketones is 1. The number of rotatable bonds is 5. The molecule has 5 nitrogen and oxygen atoms in total. The van der Waals surface area contributed by atoms with Crippen molar-refractivity contribution in [2.45, 2.75) is 66.0 Å². The predicted molar refractivity (Wildman–Crippen MR) is 125 cm³/mol. The number of nitrogens with zero attached hydrogens (tertiary/aromatic N) is 1. The van der Waals surface area contributed by atoms with E-state index in [4.69, 9.17) is 0 Å². The molecule has 2 aliphatic rings. The molecule has 0 radical (unpaired) electrons. The fraction of sp³-hybridized carbons (Fsp3) is 0.556. The lowest BCUT2D eigenvalue weighted by Crippen LogP contribution is -2.60. The van der Waals surface area contributed by atoms with Crippen molar-refractivity contribution in [2.75, 3.05) is 0 Å². The lowest BCUT2D eigenvalue weighted by Gasteiger charge is -2.60. The van der Waals surface area contributed by atoms with Crippen LogP contribution in [0.15, 0.2) is 42.7 Å². The Labute approximate surface area is 191 Å². The van der Waals surface area contributed by atoms with Crippen LogP contribution in [0.2, 0.25) is 0 Å². The van der Waals surface area contributed by atoms with E-state index in [-0.39, 0.29) is 46.0 Å². The van der Waals surface area contributed by atoms with Gasteiger partial charge < -0.3 is 15.5 Å². The number of pyridine rings is 1. The summed E-state index contributed by atoms with van der Waals surface area (Å²) in [5, 5.41) is 23.8. The number of phenolic OH excluding ortho intramolecular Hbond substituents is 2. The topological polar surface area (TPSA) is 82.5 Å². The van der Waals surface area contributed by atoms with Crippen LogP contribution in [0.3, 0.4) is 0 Å². The summed E-state index contributed by atoms with van der Waals surface area (Å²) in [6.07, 6.45) is 7.99. The van der Waals surface area contributed by atoms with Crippen LogP contribution in [-0.2, 0) is 6.54 Å². The Kier molecular flexibility index (Phi) is 6.06. The molecule has 32 heavy (non-hydrogen) atoms. The molecule has 5 unspecified atom stereocenters. The van der Waals surface area contributed by atoms with E-state index in [0.717, 1.165) is 25.8 Å². The van der Waals surface area contributed by atoms with E-state index in [1.54, 1.807) is 0 Å². The Morgan fingerprint density at radius 1 is 1.09 bits per heavy atom. The molecule has 0 spiro atoms. The predicted octanol–water partition coefficient (Wildman–Crippen LogP) is 5.32. The minimum absolute atomic E-state index is 0.0318. The summed E-state index contributed by atoms with van der Waals surface area (Å²) in [4.78, 5) is 18.1. The highest BCUT2D eigenvalue weighted by Crippen LogP contribution is 2.61. The molecule has 1 heterocycles. The molecule has 0 aliphatic heterocycles. The summed E-state index contributed by atoms with van der Waals surface area (Å²) in [6.45, 7) is 9.95. The summed E-state index contributed by atoms with van der Waals surface area (Å²) in [6, 6.07) is 8.51. The van der Waals surface area contributed by atoms with Crippen molar-refractivity contribution >= 4 is 5.78 Å². The van der Waals surface area contributed by atoms with Gasteiger partial charge in [0.1, 0.15) is 11.5 Å². The highest BCUT2D eigenvalue weighted by molar-refractivity contribution is 5.99. The summed E-state index contributed by atoms with van der Waals surface area (Å²) in [7, 11) is 0. The Hall–Kier alpha value is -2.40. The summed E-state index contributed by atoms with van der Waals surface area (Å²) < 4.78 is 0. The van der Waals surface area contributed by atoms with Crippen LogP contribution in [0.5, 0.6) is 11.5 Å². The van der Waals surface area contributed by atoms with Crippen molar-refractivity contribution in [3.8, 4) is 11.5 Å². The van der Waals surface area contributed by atoms with Gasteiger partial charge in [-0.1, -0.05) is 34.1 Å². The molecule has 2 saturated carbocycles. The van der Waals surface area contributed by atoms with Crippen LogP contribution >= 0.6 is 0 Å². The summed E-state index contributed by atoms with van der Waals surface area (Å²) in [5.41, 5.74) is 1.62. The monoisotopic (exact) mass is 436 g/mol. The van der Waals surface area contributed by atoms with Crippen molar-refractivity contribution < 1.29 is 15.0 Å². The van der Waals surface area contributed by atoms with Gasteiger partial charge in [-0.2, -0.15) is 0 Å². The van der Waals surface area contributed by atoms with Gasteiger partial charge in [0.05, 0.1) is 0 Å². The standard InChI is InChI=1S/C27H36N2O3/c1-17-22(29-16-18-6-10-28-11-7-18)15-23-26(2,3)8-5-9-27(23,4)24(17)25(32)19-12-20(30)14-21(31)13-19/h6-7,10-14,17,22-24,29-31H,5,8-9,15-16H2,1-4H3. The Bertz CT molecular complexity index is 954. The number of aromatic nitrogens is 1. The van der Waals surface area contributed by atoms with Crippen molar-refractivity contribution in [1.82, 2.24) is 10.3 Å². The second-order valence-electron chi connectivity index (χ2n) is 10.9. The van der Waals surface area contributed by atoms with Crippen molar-refractivity contribution in [3.05, 3.63) is 53.9 Å². The van der Waals surface area contributed by atoms with E-state index in [9.17, 15) is 15.0 Å². The first-order chi connectivity index (χ1) is 15.1. The number of hydrogen-bond donors (Lipinski definition) is 3. The Balaban J connectivity index is 1.69. The zero-order valence-electron chi connectivity index (χ0n) is 19.6. The number of carbonyl (C=O) groups excluding carboxylic acids is 1. The maximum atomic E-state index is 13.9. The molecule has 172 valence electrons. The highest BCUT2D eigenvalue weighted by atomic mass is 16.3. The number of fused-ring (bicyclic) bond motifs is 1. The average Bonchev–Trinajstić information content (AvgIpc) is 2.72. The maximum absolute atomic E-state index is 13.9. The molecule has 2 aliphatic carbocycles. The molecule has 1 aromatic heterocycles. The summed E-state index contributed by atoms with van der Waals surface area (Å²) >= 11 is 0. The van der Waals surface area contributed by atoms with Crippen LogP contribution < -0.4 is 5.32 Å². The van der Waals surface area contributed by atoms with E-state index in [1.807, 2.05) is 24.5 Å². The Morgan fingerprint density at radius 3 is 2.41 bits per heavy atom. The fourth-order valence-corrected chi connectivity index (χ4v) is 6.90. The number of Topliss-reactive ketones (excluding diaryl/α,β-unsaturated/α-hetero) is 1. The van der Waals surface area contributed by atoms with Gasteiger partial charge >= 0.3 is 0 Å². The highest BCUT2D eigenvalue weighted by Gasteiger charge is 2.58. The Morgan fingerprint density at radius 2 is 1.75 bits per heavy atom. The van der Waals surface area contributed by atoms with E-state index in [2.05, 4.69) is 38.0 Å². The second kappa shape index (κ2) is 8.51. The van der Waals surface area contributed by atoms with E-state index in [0.29, 0.717) is 11.5 Å². The molecule has 2 fully saturated rings. The zero-order valence-corrected chi connectivity index (χ0v) is 19.6. The third-order valence-corrected chi connectivity index (χ3v) is 8.42. The molecular weight excluding hydrogens is 400 g/mol. The number of nitrogens with one attached hydrogen (secondary N) is 1. The number of aromatic hydroxyl groups is 2. The third kappa shape index (κ3) is 4.15. The molecule has 0 saturated heterocycles. The normalized spacial score (nSPS) is 31.6. The quantitative estimate of drug-likeness (QED) is 0.553. The smallest absolute Gasteiger partial charge is 0.167 e. The van der Waals surface area contributed by atoms with Crippen LogP contribution in [-0.4, -0.2) is 27.0 Å². The third-order valence-electron chi connectivity index (χ3n) is 8.42. The molecule has 4 rings (SSSR count). The molecule has 3 N–H and O–H groups in total. The molecule has 5 atom stereocenters. The minimum Gasteiger partial charge on any atom is -0.508 e. The lowest BCUT2D eigenvalue weighted by atomic mass is 9.45. The van der Waals surface area contributed by atoms with E-state index >= 15 is 0 Å². The van der Waals surface area contributed by atoms with Crippen LogP contribution in [0.25, 0.3) is 0 Å². The molecule has 0 bridgehead atoms. The van der Waals surface area contributed by atoms with E-state index < -0.39 is 0 Å². The van der Waals surface area contributed by atoms with Gasteiger partial charge in [0.15, 0.2) is 5.78 Å². The first-order valence-corrected chi connectivity index (χ1v) is 11.8. The number of hydrogen-bond acceptors (Lipinski definition) is 5. The largest absolute Gasteiger partial charge is 0.508 e. The molecule has 1 aromatic carbocycles. The number of phenols is 2. The van der Waals surface area contributed by atoms with Gasteiger partial charge in [-0.05, 0) is 71.8 Å². The minimum atomic E-state index is -0.183. The van der Waals surface area contributed by atoms with Gasteiger partial charge in [-0.3, -0.25) is 9.78 Å². The molecule has 0 amide bonds. The number of carbonyl (C=O) groups is 1. The van der Waals surface area contributed by atoms with Crippen LogP contribution in [0, 0.1) is 28.6 Å². The van der Waals surface area contributed by atoms with Gasteiger partial charge in [-0.25, -0.2) is 0 Å². The van der Waals surface area contributed by atoms with Crippen molar-refractivity contribution in [2.24, 2.45) is 28.6 Å². The van der Waals surface area contributed by atoms with E-state index in [1.165, 1.54) is 30.2 Å². The molecule has 5 heteroatoms. The van der Waals surface area contributed by atoms with Gasteiger partial charge in [0.2, 0.25) is 0 Å². The first-order valence-electron chi connectivity index (χ1n) is 11.8. The maximum Gasteiger partial charge on any atom is 0.167 e. The van der Waals surface area contributed by atoms with Gasteiger partial charge in [-0.15, -0.1) is 0 Å². The van der Waals surface area contributed by atoms with Crippen LogP contribution in [0.1, 0.15) is 69.3 Å². The average molecular weight is 437 g/mol. The van der Waals surface area contributed by atoms with Gasteiger partial charge in [0.25, 0.3) is 0 Å². The molecular formula is C27H36N2O3. The summed E-state index contributed by atoms with van der Waals surface area (Å²) in [5.74, 6) is 0.240. The van der Waals surface area contributed by atoms with Crippen molar-refractivity contribution in [1.29, 1.82) is 0 Å². The lowest BCUT2D eigenvalue weighted by molar-refractivity contribution is -0.0917.